The van der Waals surface area contributed by atoms with E-state index in [9.17, 15) is 29.0 Å². The Balaban J connectivity index is 0.722. The molecule has 2 aliphatic carbocycles. The van der Waals surface area contributed by atoms with Crippen LogP contribution in [0.15, 0.2) is 96.6 Å². The maximum absolute atomic E-state index is 15.4. The molecular formula is C60H71ClF2N8O9S. The number of phenolic OH excluding ortho intramolecular Hbond substituents is 1. The molecule has 3 heterocycles. The number of ether oxygens (including phenoxy) is 4. The fraction of sp³-hybridized carbons (Fsp3) is 0.467. The first kappa shape index (κ1) is 58.9. The third-order valence-electron chi connectivity index (χ3n) is 15.3. The summed E-state index contributed by atoms with van der Waals surface area (Å²) in [6.07, 6.45) is 4.78. The largest absolute Gasteiger partial charge is 0.506 e. The molecule has 21 heteroatoms. The summed E-state index contributed by atoms with van der Waals surface area (Å²) >= 11 is 8.09. The van der Waals surface area contributed by atoms with Gasteiger partial charge in [0.25, 0.3) is 5.91 Å². The number of carbonyl (C=O) groups is 3. The predicted molar refractivity (Wildman–Crippen MR) is 303 cm³/mol. The summed E-state index contributed by atoms with van der Waals surface area (Å²) in [6.45, 7) is 10.1. The third kappa shape index (κ3) is 14.7. The normalized spacial score (nSPS) is 17.7. The summed E-state index contributed by atoms with van der Waals surface area (Å²) in [5.74, 6) is -0.880. The standard InChI is InChI=1S/C60H71ClF2N8O9S/c1-39-53(81-38-65-39)40-14-15-41(32-64-55(74)49-31-45(72)35-71(49)56(75)54(58(2,3)4)66-57(76)60(63)22-23-60)51(30-40)80-29-28-77-26-27-78-36-43-34-70(68-67-43)24-25-79-46-18-16-44(17-19-46)69(33-42-10-9-13-50(73)52(42)61)37-59(20-7-8-21-59)47-11-5-6-12-48(47)62/h5-6,9-19,30,34,38,45,49,54,72-73H,7-8,20-29,31-33,35-37H2,1-4H3,(H,64,74)(H,66,76)/t45-,49+,54-/m1/s1. The van der Waals surface area contributed by atoms with Gasteiger partial charge in [-0.25, -0.2) is 18.4 Å². The van der Waals surface area contributed by atoms with Crippen LogP contribution in [0.1, 0.15) is 93.8 Å². The maximum atomic E-state index is 15.4. The number of likely N-dealkylation sites (tertiary alicyclic amines) is 1. The number of aromatic hydroxyl groups is 1. The molecule has 432 valence electrons. The van der Waals surface area contributed by atoms with Gasteiger partial charge in [0, 0.05) is 49.3 Å². The predicted octanol–water partition coefficient (Wildman–Crippen LogP) is 9.03. The number of aliphatic hydroxyl groups is 1. The van der Waals surface area contributed by atoms with Crippen LogP contribution in [-0.4, -0.2) is 123 Å². The van der Waals surface area contributed by atoms with Crippen LogP contribution in [0.25, 0.3) is 10.4 Å². The molecule has 17 nitrogen and oxygen atoms in total. The van der Waals surface area contributed by atoms with Gasteiger partial charge in [-0.15, -0.1) is 16.4 Å². The summed E-state index contributed by atoms with van der Waals surface area (Å²) in [6, 6.07) is 23.7. The Hall–Kier alpha value is -6.71. The molecule has 3 amide bonds. The van der Waals surface area contributed by atoms with Crippen LogP contribution in [0, 0.1) is 18.2 Å². The summed E-state index contributed by atoms with van der Waals surface area (Å²) in [5.41, 5.74) is 4.09. The summed E-state index contributed by atoms with van der Waals surface area (Å²) in [7, 11) is 0. The Morgan fingerprint density at radius 1 is 0.926 bits per heavy atom. The van der Waals surface area contributed by atoms with E-state index in [2.05, 4.69) is 30.8 Å². The summed E-state index contributed by atoms with van der Waals surface area (Å²) < 4.78 is 55.8. The Kier molecular flexibility index (Phi) is 18.9. The quantitative estimate of drug-likeness (QED) is 0.0375. The zero-order valence-corrected chi connectivity index (χ0v) is 47.7. The number of nitrogens with zero attached hydrogens (tertiary/aromatic N) is 6. The van der Waals surface area contributed by atoms with Crippen LogP contribution < -0.4 is 25.0 Å². The van der Waals surface area contributed by atoms with Gasteiger partial charge in [-0.05, 0) is 97.2 Å². The number of thiazole rings is 1. The molecule has 2 aromatic heterocycles. The molecule has 2 saturated carbocycles. The van der Waals surface area contributed by atoms with Gasteiger partial charge >= 0.3 is 0 Å². The summed E-state index contributed by atoms with van der Waals surface area (Å²) in [4.78, 5) is 49.3. The molecule has 3 aliphatic rings. The van der Waals surface area contributed by atoms with Crippen LogP contribution in [0.2, 0.25) is 5.02 Å². The molecule has 81 heavy (non-hydrogen) atoms. The second-order valence-electron chi connectivity index (χ2n) is 22.3. The number of hydrogen-bond acceptors (Lipinski definition) is 14. The molecule has 4 N–H and O–H groups in total. The lowest BCUT2D eigenvalue weighted by molar-refractivity contribution is -0.145. The highest BCUT2D eigenvalue weighted by Gasteiger charge is 2.53. The fourth-order valence-corrected chi connectivity index (χ4v) is 11.6. The Labute approximate surface area is 479 Å². The van der Waals surface area contributed by atoms with Gasteiger partial charge in [0.2, 0.25) is 11.8 Å². The van der Waals surface area contributed by atoms with Gasteiger partial charge in [-0.2, -0.15) is 0 Å². The highest BCUT2D eigenvalue weighted by Crippen LogP contribution is 2.45. The first-order valence-corrected chi connectivity index (χ1v) is 28.8. The Bertz CT molecular complexity index is 3130. The van der Waals surface area contributed by atoms with E-state index in [0.717, 1.165) is 58.6 Å². The minimum absolute atomic E-state index is 0.00305. The zero-order valence-electron chi connectivity index (χ0n) is 46.2. The number of aliphatic hydroxyl groups excluding tert-OH is 1. The van der Waals surface area contributed by atoms with Crippen LogP contribution >= 0.6 is 22.9 Å². The van der Waals surface area contributed by atoms with Crippen molar-refractivity contribution in [2.24, 2.45) is 5.41 Å². The average molecular weight is 1150 g/mol. The fourth-order valence-electron chi connectivity index (χ4n) is 10.7. The van der Waals surface area contributed by atoms with Gasteiger partial charge in [0.15, 0.2) is 5.67 Å². The van der Waals surface area contributed by atoms with E-state index >= 15 is 4.39 Å². The van der Waals surface area contributed by atoms with Crippen LogP contribution in [0.4, 0.5) is 14.5 Å². The highest BCUT2D eigenvalue weighted by molar-refractivity contribution is 7.13. The molecule has 0 unspecified atom stereocenters. The molecule has 0 radical (unpaired) electrons. The SMILES string of the molecule is Cc1ncsc1-c1ccc(CNC(=O)[C@@H]2C[C@@H](O)CN2C(=O)[C@@H](NC(=O)C2(F)CC2)C(C)(C)C)c(OCCOCCOCc2cn(CCOc3ccc(N(Cc4cccc(O)c4Cl)CC4(c5ccccc5F)CCCC4)cc3)nn2)c1. The van der Waals surface area contributed by atoms with Crippen molar-refractivity contribution in [1.82, 2.24) is 35.5 Å². The molecule has 4 aromatic carbocycles. The van der Waals surface area contributed by atoms with Gasteiger partial charge in [0.1, 0.15) is 54.1 Å². The van der Waals surface area contributed by atoms with Gasteiger partial charge in [-0.3, -0.25) is 14.4 Å². The number of hydrogen-bond donors (Lipinski definition) is 4. The average Bonchev–Trinajstić information content (AvgIpc) is 4.19. The molecule has 6 aromatic rings. The van der Waals surface area contributed by atoms with E-state index in [1.54, 1.807) is 55.4 Å². The lowest BCUT2D eigenvalue weighted by Crippen LogP contribution is -2.59. The molecule has 0 spiro atoms. The number of nitrogens with one attached hydrogen (secondary N) is 2. The lowest BCUT2D eigenvalue weighted by Gasteiger charge is -2.38. The molecule has 3 fully saturated rings. The van der Waals surface area contributed by atoms with E-state index in [1.807, 2.05) is 67.6 Å². The maximum Gasteiger partial charge on any atom is 0.258 e. The molecule has 1 saturated heterocycles. The topological polar surface area (TPSA) is 203 Å². The second-order valence-corrected chi connectivity index (χ2v) is 23.6. The highest BCUT2D eigenvalue weighted by atomic mass is 35.5. The number of amides is 3. The minimum Gasteiger partial charge on any atom is -0.506 e. The van der Waals surface area contributed by atoms with Gasteiger partial charge < -0.3 is 49.6 Å². The van der Waals surface area contributed by atoms with E-state index in [-0.39, 0.29) is 75.8 Å². The number of anilines is 1. The van der Waals surface area contributed by atoms with Crippen molar-refractivity contribution in [1.29, 1.82) is 0 Å². The smallest absolute Gasteiger partial charge is 0.258 e. The first-order chi connectivity index (χ1) is 38.9. The number of benzene rings is 4. The number of aryl methyl sites for hydroxylation is 1. The van der Waals surface area contributed by atoms with Crippen LogP contribution in [-0.2, 0) is 55.5 Å². The van der Waals surface area contributed by atoms with Crippen molar-refractivity contribution in [3.05, 3.63) is 136 Å². The second kappa shape index (κ2) is 26.0. The van der Waals surface area contributed by atoms with Gasteiger partial charge in [-0.1, -0.05) is 92.9 Å². The molecular weight excluding hydrogens is 1080 g/mol. The summed E-state index contributed by atoms with van der Waals surface area (Å²) in [5, 5.41) is 35.4. The number of halogens is 3. The van der Waals surface area contributed by atoms with Crippen molar-refractivity contribution < 1.29 is 52.3 Å². The first-order valence-electron chi connectivity index (χ1n) is 27.6. The third-order valence-corrected chi connectivity index (χ3v) is 16.7. The Morgan fingerprint density at radius 3 is 2.41 bits per heavy atom. The number of β-amino-alcohol motifs (C(OH)–C–C–N with tert-alkyl or cyclic N) is 1. The molecule has 3 atom stereocenters. The Morgan fingerprint density at radius 2 is 1.68 bits per heavy atom. The number of phenols is 1. The van der Waals surface area contributed by atoms with Crippen molar-refractivity contribution >= 4 is 46.3 Å². The number of aromatic nitrogens is 4. The van der Waals surface area contributed by atoms with Crippen LogP contribution in [0.3, 0.4) is 0 Å². The monoisotopic (exact) mass is 1150 g/mol. The van der Waals surface area contributed by atoms with Crippen molar-refractivity contribution in [2.75, 3.05) is 51.0 Å². The van der Waals surface area contributed by atoms with E-state index in [0.29, 0.717) is 60.6 Å². The van der Waals surface area contributed by atoms with Gasteiger partial charge in [0.05, 0.1) is 66.4 Å². The van der Waals surface area contributed by atoms with Crippen molar-refractivity contribution in [2.45, 2.75) is 128 Å². The molecule has 0 bridgehead atoms. The molecule has 9 rings (SSSR count). The molecule has 1 aliphatic heterocycles. The number of carbonyl (C=O) groups excluding carboxylic acids is 3. The zero-order chi connectivity index (χ0) is 57.3. The minimum atomic E-state index is -1.99. The van der Waals surface area contributed by atoms with Crippen molar-refractivity contribution in [3.63, 3.8) is 0 Å². The number of rotatable bonds is 26. The van der Waals surface area contributed by atoms with E-state index in [1.165, 1.54) is 22.3 Å². The lowest BCUT2D eigenvalue weighted by atomic mass is 9.78. The van der Waals surface area contributed by atoms with E-state index in [4.69, 9.17) is 30.5 Å². The van der Waals surface area contributed by atoms with E-state index < -0.39 is 47.0 Å². The van der Waals surface area contributed by atoms with Crippen molar-refractivity contribution in [3.8, 4) is 27.7 Å². The van der Waals surface area contributed by atoms with Crippen LogP contribution in [0.5, 0.6) is 17.2 Å². The number of alkyl halides is 1.